The number of pyridine rings is 1. The second-order valence-electron chi connectivity index (χ2n) is 6.53. The molecule has 0 saturated heterocycles. The molecule has 28 heavy (non-hydrogen) atoms. The van der Waals surface area contributed by atoms with Gasteiger partial charge in [0.05, 0.1) is 12.1 Å². The first-order valence-corrected chi connectivity index (χ1v) is 8.90. The number of nitrogens with zero attached hydrogens (tertiary/aromatic N) is 3. The van der Waals surface area contributed by atoms with Gasteiger partial charge in [-0.2, -0.15) is 5.10 Å². The number of aromatic amines is 1. The minimum Gasteiger partial charge on any atom is -0.346 e. The zero-order chi connectivity index (χ0) is 19.5. The van der Waals surface area contributed by atoms with Crippen molar-refractivity contribution >= 4 is 11.8 Å². The number of benzene rings is 1. The second-order valence-corrected chi connectivity index (χ2v) is 6.53. The van der Waals surface area contributed by atoms with E-state index in [2.05, 4.69) is 20.5 Å². The Morgan fingerprint density at radius 1 is 1.21 bits per heavy atom. The third kappa shape index (κ3) is 3.48. The first-order valence-electron chi connectivity index (χ1n) is 8.90. The van der Waals surface area contributed by atoms with Gasteiger partial charge in [0.1, 0.15) is 5.82 Å². The van der Waals surface area contributed by atoms with E-state index in [4.69, 9.17) is 0 Å². The first kappa shape index (κ1) is 17.8. The van der Waals surface area contributed by atoms with Gasteiger partial charge in [-0.1, -0.05) is 18.2 Å². The summed E-state index contributed by atoms with van der Waals surface area (Å²) >= 11 is 0. The maximum absolute atomic E-state index is 14.0. The fourth-order valence-electron chi connectivity index (χ4n) is 3.23. The number of carbonyl (C=O) groups is 2. The molecule has 2 N–H and O–H groups in total. The number of fused-ring (bicyclic) bond motifs is 1. The molecule has 0 atom stereocenters. The predicted molar refractivity (Wildman–Crippen MR) is 98.8 cm³/mol. The zero-order valence-corrected chi connectivity index (χ0v) is 15.0. The molecule has 1 aliphatic rings. The van der Waals surface area contributed by atoms with Crippen molar-refractivity contribution in [1.82, 2.24) is 25.4 Å². The highest BCUT2D eigenvalue weighted by Gasteiger charge is 2.29. The second kappa shape index (κ2) is 7.59. The predicted octanol–water partition coefficient (Wildman–Crippen LogP) is 2.07. The molecule has 0 saturated carbocycles. The van der Waals surface area contributed by atoms with Crippen molar-refractivity contribution in [2.75, 3.05) is 6.54 Å². The maximum atomic E-state index is 14.0. The molecule has 2 amide bonds. The number of aromatic nitrogens is 3. The third-order valence-electron chi connectivity index (χ3n) is 4.72. The molecule has 0 radical (unpaired) electrons. The summed E-state index contributed by atoms with van der Waals surface area (Å²) in [5.74, 6) is -1.28. The van der Waals surface area contributed by atoms with Crippen LogP contribution in [0.2, 0.25) is 0 Å². The van der Waals surface area contributed by atoms with Crippen LogP contribution in [0, 0.1) is 5.82 Å². The Balaban J connectivity index is 1.49. The Hall–Kier alpha value is -3.55. The molecule has 8 heteroatoms. The Morgan fingerprint density at radius 3 is 2.86 bits per heavy atom. The Bertz CT molecular complexity index is 1020. The Morgan fingerprint density at radius 2 is 2.07 bits per heavy atom. The van der Waals surface area contributed by atoms with Gasteiger partial charge in [-0.25, -0.2) is 4.39 Å². The molecule has 0 fully saturated rings. The number of halogens is 1. The molecule has 0 spiro atoms. The monoisotopic (exact) mass is 379 g/mol. The summed E-state index contributed by atoms with van der Waals surface area (Å²) in [7, 11) is 0. The number of hydrogen-bond donors (Lipinski definition) is 2. The minimum atomic E-state index is -0.556. The number of nitrogens with one attached hydrogen (secondary N) is 2. The Kier molecular flexibility index (Phi) is 4.84. The molecule has 0 unspecified atom stereocenters. The lowest BCUT2D eigenvalue weighted by atomic mass is 10.0. The summed E-state index contributed by atoms with van der Waals surface area (Å²) in [6.07, 6.45) is 3.87. The van der Waals surface area contributed by atoms with Gasteiger partial charge in [0.25, 0.3) is 11.8 Å². The standard InChI is InChI=1S/C20H18FN5O2/c21-16-6-2-1-5-14(16)20(28)26-9-7-17-15(12-26)18(25-24-17)19(27)23-11-13-4-3-8-22-10-13/h1-6,8,10H,7,9,11-12H2,(H,23,27)(H,24,25). The van der Waals surface area contributed by atoms with Crippen molar-refractivity contribution in [1.29, 1.82) is 0 Å². The number of carbonyl (C=O) groups excluding carboxylic acids is 2. The molecule has 1 aromatic carbocycles. The van der Waals surface area contributed by atoms with Gasteiger partial charge in [0.15, 0.2) is 5.69 Å². The van der Waals surface area contributed by atoms with Crippen molar-refractivity contribution in [3.8, 4) is 0 Å². The van der Waals surface area contributed by atoms with Gasteiger partial charge in [-0.05, 0) is 23.8 Å². The quantitative estimate of drug-likeness (QED) is 0.726. The van der Waals surface area contributed by atoms with E-state index >= 15 is 0 Å². The van der Waals surface area contributed by atoms with E-state index in [1.807, 2.05) is 6.07 Å². The largest absolute Gasteiger partial charge is 0.346 e. The summed E-state index contributed by atoms with van der Waals surface area (Å²) in [6, 6.07) is 9.55. The van der Waals surface area contributed by atoms with Crippen LogP contribution in [0.4, 0.5) is 4.39 Å². The molecule has 0 aliphatic carbocycles. The van der Waals surface area contributed by atoms with Crippen LogP contribution < -0.4 is 5.32 Å². The van der Waals surface area contributed by atoms with Crippen LogP contribution in [0.1, 0.15) is 37.7 Å². The van der Waals surface area contributed by atoms with E-state index in [9.17, 15) is 14.0 Å². The van der Waals surface area contributed by atoms with Crippen LogP contribution in [0.25, 0.3) is 0 Å². The molecule has 1 aliphatic heterocycles. The molecule has 7 nitrogen and oxygen atoms in total. The van der Waals surface area contributed by atoms with Gasteiger partial charge in [0, 0.05) is 43.2 Å². The van der Waals surface area contributed by atoms with Crippen LogP contribution in [0.3, 0.4) is 0 Å². The van der Waals surface area contributed by atoms with E-state index in [0.29, 0.717) is 25.1 Å². The molecule has 142 valence electrons. The van der Waals surface area contributed by atoms with E-state index in [0.717, 1.165) is 11.3 Å². The van der Waals surface area contributed by atoms with E-state index in [1.165, 1.54) is 17.0 Å². The highest BCUT2D eigenvalue weighted by Crippen LogP contribution is 2.22. The smallest absolute Gasteiger partial charge is 0.272 e. The molecule has 3 aromatic rings. The number of amides is 2. The average Bonchev–Trinajstić information content (AvgIpc) is 3.16. The normalized spacial score (nSPS) is 13.1. The number of H-pyrrole nitrogens is 1. The highest BCUT2D eigenvalue weighted by molar-refractivity contribution is 5.96. The minimum absolute atomic E-state index is 0.0250. The van der Waals surface area contributed by atoms with Crippen molar-refractivity contribution in [3.63, 3.8) is 0 Å². The van der Waals surface area contributed by atoms with Gasteiger partial charge in [0.2, 0.25) is 0 Å². The van der Waals surface area contributed by atoms with Crippen LogP contribution in [0.15, 0.2) is 48.8 Å². The van der Waals surface area contributed by atoms with Crippen LogP contribution >= 0.6 is 0 Å². The lowest BCUT2D eigenvalue weighted by molar-refractivity contribution is 0.0726. The lowest BCUT2D eigenvalue weighted by Gasteiger charge is -2.27. The van der Waals surface area contributed by atoms with E-state index < -0.39 is 11.7 Å². The molecule has 0 bridgehead atoms. The molecular formula is C20H18FN5O2. The summed E-state index contributed by atoms with van der Waals surface area (Å²) in [5.41, 5.74) is 2.64. The topological polar surface area (TPSA) is 91.0 Å². The van der Waals surface area contributed by atoms with Gasteiger partial charge >= 0.3 is 0 Å². The third-order valence-corrected chi connectivity index (χ3v) is 4.72. The summed E-state index contributed by atoms with van der Waals surface area (Å²) < 4.78 is 14.0. The van der Waals surface area contributed by atoms with Crippen LogP contribution in [-0.2, 0) is 19.5 Å². The molecule has 3 heterocycles. The number of rotatable bonds is 4. The highest BCUT2D eigenvalue weighted by atomic mass is 19.1. The van der Waals surface area contributed by atoms with Crippen LogP contribution in [0.5, 0.6) is 0 Å². The van der Waals surface area contributed by atoms with Gasteiger partial charge in [-0.3, -0.25) is 19.7 Å². The van der Waals surface area contributed by atoms with Crippen molar-refractivity contribution in [2.45, 2.75) is 19.5 Å². The van der Waals surface area contributed by atoms with Crippen molar-refractivity contribution in [2.24, 2.45) is 0 Å². The summed E-state index contributed by atoms with van der Waals surface area (Å²) in [4.78, 5) is 30.8. The number of hydrogen-bond acceptors (Lipinski definition) is 4. The fraction of sp³-hybridized carbons (Fsp3) is 0.200. The molecule has 2 aromatic heterocycles. The van der Waals surface area contributed by atoms with Gasteiger partial charge in [-0.15, -0.1) is 0 Å². The molecular weight excluding hydrogens is 361 g/mol. The zero-order valence-electron chi connectivity index (χ0n) is 15.0. The van der Waals surface area contributed by atoms with E-state index in [1.54, 1.807) is 30.6 Å². The van der Waals surface area contributed by atoms with Crippen molar-refractivity contribution in [3.05, 3.63) is 82.7 Å². The maximum Gasteiger partial charge on any atom is 0.272 e. The Labute approximate surface area is 160 Å². The summed E-state index contributed by atoms with van der Waals surface area (Å²) in [5, 5.41) is 9.82. The lowest BCUT2D eigenvalue weighted by Crippen LogP contribution is -2.37. The molecule has 4 rings (SSSR count). The first-order chi connectivity index (χ1) is 13.6. The average molecular weight is 379 g/mol. The fourth-order valence-corrected chi connectivity index (χ4v) is 3.23. The van der Waals surface area contributed by atoms with E-state index in [-0.39, 0.29) is 23.7 Å². The van der Waals surface area contributed by atoms with Crippen molar-refractivity contribution < 1.29 is 14.0 Å². The SMILES string of the molecule is O=C(NCc1cccnc1)c1n[nH]c2c1CN(C(=O)c1ccccc1F)CC2. The van der Waals surface area contributed by atoms with Crippen LogP contribution in [-0.4, -0.2) is 38.4 Å². The van der Waals surface area contributed by atoms with Gasteiger partial charge < -0.3 is 10.2 Å². The summed E-state index contributed by atoms with van der Waals surface area (Å²) in [6.45, 7) is 0.958.